The van der Waals surface area contributed by atoms with E-state index in [1.807, 2.05) is 12.1 Å². The van der Waals surface area contributed by atoms with Crippen LogP contribution >= 0.6 is 0 Å². The molecule has 3 heterocycles. The standard InChI is InChI=1S/C21H22N2O3/c1-14-6-10-23(11-7-14)13-17-18(24)3-2-16-20(25)19(26-21(16)17)12-15-4-8-22-9-5-15/h2-5,8-9,12,14,24H,6-7,10-11,13H2,1H3. The number of Topliss-reactive ketones (excluding diaryl/α,β-unsaturated/α-hetero) is 1. The van der Waals surface area contributed by atoms with Crippen molar-refractivity contribution in [2.24, 2.45) is 5.92 Å². The SMILES string of the molecule is CC1CC[NH+](Cc2c([O-])ccc3c2OC(=Cc2ccncc2)C3=O)CC1. The fourth-order valence-corrected chi connectivity index (χ4v) is 3.66. The number of piperidine rings is 1. The summed E-state index contributed by atoms with van der Waals surface area (Å²) in [5.41, 5.74) is 1.96. The van der Waals surface area contributed by atoms with Gasteiger partial charge in [0, 0.05) is 18.0 Å². The van der Waals surface area contributed by atoms with E-state index in [0.29, 0.717) is 23.4 Å². The molecule has 2 aliphatic heterocycles. The van der Waals surface area contributed by atoms with Gasteiger partial charge in [0.2, 0.25) is 5.78 Å². The molecule has 5 heteroatoms. The number of ketones is 1. The Labute approximate surface area is 152 Å². The predicted molar refractivity (Wildman–Crippen MR) is 95.9 cm³/mol. The maximum Gasteiger partial charge on any atom is 0.231 e. The van der Waals surface area contributed by atoms with Crippen LogP contribution in [0.25, 0.3) is 6.08 Å². The van der Waals surface area contributed by atoms with Gasteiger partial charge in [-0.15, -0.1) is 0 Å². The number of rotatable bonds is 3. The van der Waals surface area contributed by atoms with Gasteiger partial charge in [0.1, 0.15) is 12.3 Å². The average molecular weight is 350 g/mol. The number of allylic oxidation sites excluding steroid dienone is 1. The number of carbonyl (C=O) groups is 1. The molecule has 1 aromatic heterocycles. The van der Waals surface area contributed by atoms with E-state index < -0.39 is 0 Å². The molecule has 1 saturated heterocycles. The van der Waals surface area contributed by atoms with Gasteiger partial charge in [-0.1, -0.05) is 18.7 Å². The Bertz CT molecular complexity index is 853. The van der Waals surface area contributed by atoms with Crippen LogP contribution in [0.1, 0.15) is 41.3 Å². The van der Waals surface area contributed by atoms with E-state index in [2.05, 4.69) is 11.9 Å². The van der Waals surface area contributed by atoms with Gasteiger partial charge in [-0.25, -0.2) is 0 Å². The van der Waals surface area contributed by atoms with Gasteiger partial charge >= 0.3 is 0 Å². The lowest BCUT2D eigenvalue weighted by Gasteiger charge is -2.29. The van der Waals surface area contributed by atoms with Crippen molar-refractivity contribution in [3.63, 3.8) is 0 Å². The average Bonchev–Trinajstić information content (AvgIpc) is 2.96. The molecule has 134 valence electrons. The Kier molecular flexibility index (Phi) is 4.47. The second-order valence-corrected chi connectivity index (χ2v) is 7.25. The zero-order valence-corrected chi connectivity index (χ0v) is 14.8. The number of nitrogens with zero attached hydrogens (tertiary/aromatic N) is 1. The van der Waals surface area contributed by atoms with Crippen molar-refractivity contribution in [1.82, 2.24) is 4.98 Å². The maximum absolute atomic E-state index is 12.7. The molecule has 0 spiro atoms. The van der Waals surface area contributed by atoms with E-state index >= 15 is 0 Å². The minimum Gasteiger partial charge on any atom is -0.872 e. The van der Waals surface area contributed by atoms with E-state index in [9.17, 15) is 9.90 Å². The molecule has 0 unspecified atom stereocenters. The smallest absolute Gasteiger partial charge is 0.231 e. The third-order valence-corrected chi connectivity index (χ3v) is 5.31. The van der Waals surface area contributed by atoms with Crippen LogP contribution in [0.4, 0.5) is 0 Å². The van der Waals surface area contributed by atoms with Gasteiger partial charge < -0.3 is 14.7 Å². The Morgan fingerprint density at radius 2 is 1.96 bits per heavy atom. The highest BCUT2D eigenvalue weighted by Crippen LogP contribution is 2.38. The van der Waals surface area contributed by atoms with Crippen molar-refractivity contribution >= 4 is 11.9 Å². The van der Waals surface area contributed by atoms with Crippen molar-refractivity contribution in [3.05, 3.63) is 59.1 Å². The van der Waals surface area contributed by atoms with E-state index in [1.54, 1.807) is 24.5 Å². The van der Waals surface area contributed by atoms with Crippen LogP contribution in [0.15, 0.2) is 42.4 Å². The van der Waals surface area contributed by atoms with Crippen molar-refractivity contribution < 1.29 is 19.5 Å². The maximum atomic E-state index is 12.7. The molecule has 2 aliphatic rings. The lowest BCUT2D eigenvalue weighted by atomic mass is 9.98. The lowest BCUT2D eigenvalue weighted by Crippen LogP contribution is -3.11. The largest absolute Gasteiger partial charge is 0.872 e. The van der Waals surface area contributed by atoms with Gasteiger partial charge in [0.15, 0.2) is 5.76 Å². The number of hydrogen-bond acceptors (Lipinski definition) is 4. The van der Waals surface area contributed by atoms with Crippen molar-refractivity contribution in [2.45, 2.75) is 26.3 Å². The summed E-state index contributed by atoms with van der Waals surface area (Å²) in [4.78, 5) is 18.0. The van der Waals surface area contributed by atoms with Crippen LogP contribution in [0.3, 0.4) is 0 Å². The zero-order chi connectivity index (χ0) is 18.1. The molecule has 0 radical (unpaired) electrons. The van der Waals surface area contributed by atoms with Crippen molar-refractivity contribution in [2.75, 3.05) is 13.1 Å². The van der Waals surface area contributed by atoms with Crippen LogP contribution in [0.5, 0.6) is 11.5 Å². The van der Waals surface area contributed by atoms with Crippen LogP contribution in [0.2, 0.25) is 0 Å². The van der Waals surface area contributed by atoms with E-state index in [1.165, 1.54) is 23.8 Å². The molecule has 0 aliphatic carbocycles. The molecular formula is C21H22N2O3. The molecule has 4 rings (SSSR count). The number of benzene rings is 1. The number of pyridine rings is 1. The normalized spacial score (nSPS) is 23.7. The molecule has 26 heavy (non-hydrogen) atoms. The summed E-state index contributed by atoms with van der Waals surface area (Å²) in [5, 5.41) is 12.5. The first-order valence-electron chi connectivity index (χ1n) is 9.12. The third kappa shape index (κ3) is 3.22. The Hall–Kier alpha value is -2.66. The van der Waals surface area contributed by atoms with Crippen LogP contribution in [0, 0.1) is 5.92 Å². The molecule has 5 nitrogen and oxygen atoms in total. The molecule has 1 N–H and O–H groups in total. The number of nitrogens with one attached hydrogen (secondary N) is 1. The molecule has 0 amide bonds. The van der Waals surface area contributed by atoms with Crippen LogP contribution in [-0.4, -0.2) is 23.9 Å². The van der Waals surface area contributed by atoms with Crippen molar-refractivity contribution in [3.8, 4) is 11.5 Å². The fraction of sp³-hybridized carbons (Fsp3) is 0.333. The summed E-state index contributed by atoms with van der Waals surface area (Å²) in [6.07, 6.45) is 7.38. The Balaban J connectivity index is 1.62. The highest BCUT2D eigenvalue weighted by atomic mass is 16.5. The molecule has 1 aromatic carbocycles. The summed E-state index contributed by atoms with van der Waals surface area (Å²) in [5.74, 6) is 1.25. The van der Waals surface area contributed by atoms with Gasteiger partial charge in [0.05, 0.1) is 18.7 Å². The van der Waals surface area contributed by atoms with Crippen molar-refractivity contribution in [1.29, 1.82) is 0 Å². The zero-order valence-electron chi connectivity index (χ0n) is 14.8. The first-order chi connectivity index (χ1) is 12.6. The summed E-state index contributed by atoms with van der Waals surface area (Å²) < 4.78 is 5.88. The Morgan fingerprint density at radius 1 is 1.23 bits per heavy atom. The van der Waals surface area contributed by atoms with E-state index in [4.69, 9.17) is 4.74 Å². The number of fused-ring (bicyclic) bond motifs is 1. The number of carbonyl (C=O) groups excluding carboxylic acids is 1. The Morgan fingerprint density at radius 3 is 2.69 bits per heavy atom. The number of quaternary nitrogens is 1. The first kappa shape index (κ1) is 16.8. The fourth-order valence-electron chi connectivity index (χ4n) is 3.66. The number of ether oxygens (including phenoxy) is 1. The molecule has 0 saturated carbocycles. The molecule has 2 aromatic rings. The summed E-state index contributed by atoms with van der Waals surface area (Å²) in [6.45, 7) is 4.99. The van der Waals surface area contributed by atoms with Crippen LogP contribution < -0.4 is 14.7 Å². The summed E-state index contributed by atoms with van der Waals surface area (Å²) in [7, 11) is 0. The second-order valence-electron chi connectivity index (χ2n) is 7.25. The number of likely N-dealkylation sites (tertiary alicyclic amines) is 1. The predicted octanol–water partition coefficient (Wildman–Crippen LogP) is 1.59. The highest BCUT2D eigenvalue weighted by molar-refractivity contribution is 6.14. The van der Waals surface area contributed by atoms with Gasteiger partial charge in [-0.05, 0) is 48.6 Å². The van der Waals surface area contributed by atoms with Gasteiger partial charge in [-0.3, -0.25) is 9.78 Å². The first-order valence-corrected chi connectivity index (χ1v) is 9.12. The summed E-state index contributed by atoms with van der Waals surface area (Å²) >= 11 is 0. The van der Waals surface area contributed by atoms with Gasteiger partial charge in [0.25, 0.3) is 0 Å². The summed E-state index contributed by atoms with van der Waals surface area (Å²) in [6, 6.07) is 6.71. The minimum absolute atomic E-state index is 0.0483. The molecule has 1 fully saturated rings. The van der Waals surface area contributed by atoms with E-state index in [0.717, 1.165) is 24.6 Å². The van der Waals surface area contributed by atoms with Crippen LogP contribution in [-0.2, 0) is 6.54 Å². The third-order valence-electron chi connectivity index (χ3n) is 5.31. The monoisotopic (exact) mass is 350 g/mol. The second kappa shape index (κ2) is 6.92. The highest BCUT2D eigenvalue weighted by Gasteiger charge is 2.31. The van der Waals surface area contributed by atoms with E-state index in [-0.39, 0.29) is 17.3 Å². The quantitative estimate of drug-likeness (QED) is 0.854. The lowest BCUT2D eigenvalue weighted by molar-refractivity contribution is -0.919. The molecular weight excluding hydrogens is 328 g/mol. The van der Waals surface area contributed by atoms with Gasteiger partial charge in [-0.2, -0.15) is 0 Å². The number of hydrogen-bond donors (Lipinski definition) is 1. The number of aromatic nitrogens is 1. The molecule has 0 atom stereocenters. The topological polar surface area (TPSA) is 66.7 Å². The molecule has 0 bridgehead atoms. The minimum atomic E-state index is -0.166.